The van der Waals surface area contributed by atoms with Crippen molar-refractivity contribution >= 4 is 23.2 Å². The van der Waals surface area contributed by atoms with Crippen molar-refractivity contribution in [3.05, 3.63) is 51.9 Å². The number of hydrogen-bond acceptors (Lipinski definition) is 6. The predicted octanol–water partition coefficient (Wildman–Crippen LogP) is 0.782. The number of hydrogen-bond donors (Lipinski definition) is 0. The van der Waals surface area contributed by atoms with Gasteiger partial charge in [-0.2, -0.15) is 9.78 Å². The van der Waals surface area contributed by atoms with Crippen LogP contribution in [-0.2, 0) is 4.79 Å². The van der Waals surface area contributed by atoms with Crippen LogP contribution in [0.2, 0.25) is 5.02 Å². The summed E-state index contributed by atoms with van der Waals surface area (Å²) in [5.41, 5.74) is 1.01. The molecule has 2 aliphatic heterocycles. The van der Waals surface area contributed by atoms with E-state index >= 15 is 0 Å². The van der Waals surface area contributed by atoms with Crippen molar-refractivity contribution in [2.45, 2.75) is 0 Å². The van der Waals surface area contributed by atoms with Gasteiger partial charge in [0.05, 0.1) is 24.1 Å². The number of piperazine rings is 2. The summed E-state index contributed by atoms with van der Waals surface area (Å²) < 4.78 is 1.32. The largest absolute Gasteiger partial charge is 0.366 e. The van der Waals surface area contributed by atoms with E-state index in [-0.39, 0.29) is 16.5 Å². The number of benzene rings is 1. The number of carbonyl (C=O) groups is 1. The van der Waals surface area contributed by atoms with Crippen LogP contribution in [0.25, 0.3) is 5.69 Å². The van der Waals surface area contributed by atoms with Gasteiger partial charge in [0, 0.05) is 52.4 Å². The van der Waals surface area contributed by atoms with Crippen LogP contribution in [0, 0.1) is 0 Å². The van der Waals surface area contributed by atoms with E-state index in [1.807, 2.05) is 35.2 Å². The van der Waals surface area contributed by atoms with Crippen molar-refractivity contribution in [1.29, 1.82) is 0 Å². The summed E-state index contributed by atoms with van der Waals surface area (Å²) in [5.74, 6) is 0.196. The third-order valence-electron chi connectivity index (χ3n) is 5.83. The molecule has 0 N–H and O–H groups in total. The maximum absolute atomic E-state index is 12.7. The van der Waals surface area contributed by atoms with Crippen molar-refractivity contribution in [2.75, 3.05) is 70.9 Å². The lowest BCUT2D eigenvalue weighted by atomic mass is 10.2. The van der Waals surface area contributed by atoms with Crippen molar-refractivity contribution in [3.8, 4) is 5.69 Å². The summed E-state index contributed by atoms with van der Waals surface area (Å²) in [4.78, 5) is 33.7. The first kappa shape index (κ1) is 20.8. The van der Waals surface area contributed by atoms with Crippen LogP contribution in [0.3, 0.4) is 0 Å². The summed E-state index contributed by atoms with van der Waals surface area (Å²) in [5, 5.41) is 4.50. The van der Waals surface area contributed by atoms with Crippen LogP contribution in [0.15, 0.2) is 41.3 Å². The molecule has 9 heteroatoms. The second kappa shape index (κ2) is 9.16. The minimum absolute atomic E-state index is 0.177. The molecular formula is C21H27ClN6O2. The Bertz CT molecular complexity index is 934. The molecule has 0 spiro atoms. The van der Waals surface area contributed by atoms with E-state index < -0.39 is 0 Å². The van der Waals surface area contributed by atoms with Crippen LogP contribution in [0.1, 0.15) is 0 Å². The number of aromatic nitrogens is 2. The second-order valence-electron chi connectivity index (χ2n) is 7.84. The molecule has 4 rings (SSSR count). The van der Waals surface area contributed by atoms with E-state index in [1.54, 1.807) is 6.20 Å². The SMILES string of the molecule is CN1CCN(C(=O)CN2CCN(c3cnn(-c4ccccc4)c(=O)c3Cl)CC2)CC1. The number of halogens is 1. The van der Waals surface area contributed by atoms with E-state index in [2.05, 4.69) is 26.8 Å². The fourth-order valence-electron chi connectivity index (χ4n) is 3.89. The maximum Gasteiger partial charge on any atom is 0.292 e. The number of anilines is 1. The summed E-state index contributed by atoms with van der Waals surface area (Å²) in [7, 11) is 2.08. The Morgan fingerprint density at radius 1 is 1.00 bits per heavy atom. The lowest BCUT2D eigenvalue weighted by Gasteiger charge is -2.38. The molecule has 2 aromatic rings. The Labute approximate surface area is 181 Å². The fraction of sp³-hybridized carbons (Fsp3) is 0.476. The highest BCUT2D eigenvalue weighted by atomic mass is 35.5. The molecule has 0 unspecified atom stereocenters. The summed E-state index contributed by atoms with van der Waals surface area (Å²) in [6, 6.07) is 9.24. The second-order valence-corrected chi connectivity index (χ2v) is 8.22. The van der Waals surface area contributed by atoms with Crippen molar-refractivity contribution in [1.82, 2.24) is 24.5 Å². The van der Waals surface area contributed by atoms with Crippen molar-refractivity contribution < 1.29 is 4.79 Å². The first-order chi connectivity index (χ1) is 14.5. The highest BCUT2D eigenvalue weighted by molar-refractivity contribution is 6.33. The highest BCUT2D eigenvalue weighted by Crippen LogP contribution is 2.23. The third-order valence-corrected chi connectivity index (χ3v) is 6.18. The van der Waals surface area contributed by atoms with Gasteiger partial charge >= 0.3 is 0 Å². The van der Waals surface area contributed by atoms with Crippen LogP contribution < -0.4 is 10.5 Å². The van der Waals surface area contributed by atoms with Crippen LogP contribution >= 0.6 is 11.6 Å². The molecule has 1 amide bonds. The van der Waals surface area contributed by atoms with Crippen LogP contribution in [-0.4, -0.2) is 96.3 Å². The summed E-state index contributed by atoms with van der Waals surface area (Å²) in [6.45, 7) is 6.80. The zero-order chi connectivity index (χ0) is 21.1. The lowest BCUT2D eigenvalue weighted by Crippen LogP contribution is -2.53. The Hall–Kier alpha value is -2.42. The molecule has 1 aromatic heterocycles. The monoisotopic (exact) mass is 430 g/mol. The first-order valence-corrected chi connectivity index (χ1v) is 10.7. The van der Waals surface area contributed by atoms with E-state index in [9.17, 15) is 9.59 Å². The number of amides is 1. The third kappa shape index (κ3) is 4.50. The quantitative estimate of drug-likeness (QED) is 0.714. The molecular weight excluding hydrogens is 404 g/mol. The minimum Gasteiger partial charge on any atom is -0.366 e. The van der Waals surface area contributed by atoms with Crippen molar-refractivity contribution in [3.63, 3.8) is 0 Å². The molecule has 1 aromatic carbocycles. The number of rotatable bonds is 4. The minimum atomic E-state index is -0.326. The van der Waals surface area contributed by atoms with Gasteiger partial charge in [-0.25, -0.2) is 0 Å². The van der Waals surface area contributed by atoms with Gasteiger partial charge in [0.15, 0.2) is 0 Å². The van der Waals surface area contributed by atoms with E-state index in [0.29, 0.717) is 31.0 Å². The van der Waals surface area contributed by atoms with Gasteiger partial charge in [-0.3, -0.25) is 14.5 Å². The number of carbonyl (C=O) groups excluding carboxylic acids is 1. The Kier molecular flexibility index (Phi) is 6.36. The van der Waals surface area contributed by atoms with E-state index in [0.717, 1.165) is 39.3 Å². The highest BCUT2D eigenvalue weighted by Gasteiger charge is 2.25. The van der Waals surface area contributed by atoms with Crippen molar-refractivity contribution in [2.24, 2.45) is 0 Å². The van der Waals surface area contributed by atoms with Gasteiger partial charge in [0.25, 0.3) is 5.56 Å². The standard InChI is InChI=1S/C21H27ClN6O2/c1-24-7-11-27(12-8-24)19(29)16-25-9-13-26(14-10-25)18-15-23-28(21(30)20(18)22)17-5-3-2-4-6-17/h2-6,15H,7-14,16H2,1H3. The van der Waals surface area contributed by atoms with Crippen LogP contribution in [0.5, 0.6) is 0 Å². The molecule has 0 saturated carbocycles. The van der Waals surface area contributed by atoms with Crippen LogP contribution in [0.4, 0.5) is 5.69 Å². The molecule has 160 valence electrons. The zero-order valence-electron chi connectivity index (χ0n) is 17.2. The molecule has 30 heavy (non-hydrogen) atoms. The molecule has 2 aliphatic rings. The van der Waals surface area contributed by atoms with Gasteiger partial charge in [-0.15, -0.1) is 0 Å². The molecule has 2 fully saturated rings. The predicted molar refractivity (Wildman–Crippen MR) is 118 cm³/mol. The van der Waals surface area contributed by atoms with Gasteiger partial charge in [0.1, 0.15) is 5.02 Å². The fourth-order valence-corrected chi connectivity index (χ4v) is 4.14. The number of nitrogens with zero attached hydrogens (tertiary/aromatic N) is 6. The Morgan fingerprint density at radius 2 is 1.67 bits per heavy atom. The molecule has 2 saturated heterocycles. The van der Waals surface area contributed by atoms with Gasteiger partial charge in [0.2, 0.25) is 5.91 Å². The molecule has 8 nitrogen and oxygen atoms in total. The van der Waals surface area contributed by atoms with Gasteiger partial charge < -0.3 is 14.7 Å². The molecule has 0 atom stereocenters. The number of para-hydroxylation sites is 1. The summed E-state index contributed by atoms with van der Waals surface area (Å²) >= 11 is 6.42. The molecule has 3 heterocycles. The first-order valence-electron chi connectivity index (χ1n) is 10.3. The van der Waals surface area contributed by atoms with Gasteiger partial charge in [-0.05, 0) is 19.2 Å². The molecule has 0 aliphatic carbocycles. The molecule has 0 bridgehead atoms. The topological polar surface area (TPSA) is 64.9 Å². The van der Waals surface area contributed by atoms with E-state index in [4.69, 9.17) is 11.6 Å². The normalized spacial score (nSPS) is 18.6. The van der Waals surface area contributed by atoms with Gasteiger partial charge in [-0.1, -0.05) is 29.8 Å². The average molecular weight is 431 g/mol. The maximum atomic E-state index is 12.7. The molecule has 0 radical (unpaired) electrons. The summed E-state index contributed by atoms with van der Waals surface area (Å²) in [6.07, 6.45) is 1.65. The zero-order valence-corrected chi connectivity index (χ0v) is 18.0. The number of likely N-dealkylation sites (N-methyl/N-ethyl adjacent to an activating group) is 1. The smallest absolute Gasteiger partial charge is 0.292 e. The Morgan fingerprint density at radius 3 is 2.33 bits per heavy atom. The van der Waals surface area contributed by atoms with E-state index in [1.165, 1.54) is 4.68 Å². The lowest BCUT2D eigenvalue weighted by molar-refractivity contribution is -0.134. The average Bonchev–Trinajstić information content (AvgIpc) is 2.77. The Balaban J connectivity index is 1.37.